The normalized spacial score (nSPS) is 14.8. The molecule has 0 saturated heterocycles. The number of carbonyl (C=O) groups excluding carboxylic acids is 2. The highest BCUT2D eigenvalue weighted by atomic mass is 32.1. The van der Waals surface area contributed by atoms with Crippen molar-refractivity contribution >= 4 is 28.2 Å². The van der Waals surface area contributed by atoms with Gasteiger partial charge in [-0.3, -0.25) is 9.59 Å². The molecule has 1 saturated carbocycles. The molecule has 5 nitrogen and oxygen atoms in total. The summed E-state index contributed by atoms with van der Waals surface area (Å²) in [5, 5.41) is 6.32. The minimum atomic E-state index is -0.316. The van der Waals surface area contributed by atoms with Crippen LogP contribution in [0.1, 0.15) is 38.5 Å². The van der Waals surface area contributed by atoms with Gasteiger partial charge in [0.1, 0.15) is 16.5 Å². The van der Waals surface area contributed by atoms with E-state index >= 15 is 0 Å². The average molecular weight is 375 g/mol. The predicted molar refractivity (Wildman–Crippen MR) is 100 cm³/mol. The molecule has 138 valence electrons. The molecule has 0 atom stereocenters. The van der Waals surface area contributed by atoms with E-state index in [1.807, 2.05) is 0 Å². The van der Waals surface area contributed by atoms with Gasteiger partial charge in [0, 0.05) is 24.4 Å². The summed E-state index contributed by atoms with van der Waals surface area (Å²) >= 11 is 1.32. The molecule has 1 aromatic carbocycles. The number of aromatic nitrogens is 1. The van der Waals surface area contributed by atoms with Crippen LogP contribution in [0.5, 0.6) is 0 Å². The van der Waals surface area contributed by atoms with Crippen LogP contribution >= 0.6 is 11.3 Å². The highest BCUT2D eigenvalue weighted by Crippen LogP contribution is 2.30. The molecule has 1 aromatic heterocycles. The van der Waals surface area contributed by atoms with Crippen molar-refractivity contribution in [3.05, 3.63) is 35.6 Å². The third kappa shape index (κ3) is 4.88. The zero-order valence-electron chi connectivity index (χ0n) is 14.5. The predicted octanol–water partition coefficient (Wildman–Crippen LogP) is 3.97. The molecule has 1 aliphatic rings. The molecule has 0 bridgehead atoms. The van der Waals surface area contributed by atoms with Gasteiger partial charge in [0.15, 0.2) is 0 Å². The maximum absolute atomic E-state index is 13.1. The van der Waals surface area contributed by atoms with E-state index in [-0.39, 0.29) is 30.0 Å². The van der Waals surface area contributed by atoms with Gasteiger partial charge < -0.3 is 10.6 Å². The SMILES string of the molecule is O=C(CCNC(=O)C1CCCCC1)Nc1scnc1-c1ccc(F)cc1. The largest absolute Gasteiger partial charge is 0.355 e. The Morgan fingerprint density at radius 3 is 2.62 bits per heavy atom. The summed E-state index contributed by atoms with van der Waals surface area (Å²) < 4.78 is 13.1. The molecular formula is C19H22FN3O2S. The lowest BCUT2D eigenvalue weighted by Gasteiger charge is -2.20. The highest BCUT2D eigenvalue weighted by Gasteiger charge is 2.20. The number of hydrogen-bond acceptors (Lipinski definition) is 4. The lowest BCUT2D eigenvalue weighted by molar-refractivity contribution is -0.126. The molecular weight excluding hydrogens is 353 g/mol. The maximum Gasteiger partial charge on any atom is 0.226 e. The molecule has 26 heavy (non-hydrogen) atoms. The van der Waals surface area contributed by atoms with Gasteiger partial charge in [0.25, 0.3) is 0 Å². The van der Waals surface area contributed by atoms with Crippen LogP contribution in [0, 0.1) is 11.7 Å². The fourth-order valence-electron chi connectivity index (χ4n) is 3.15. The van der Waals surface area contributed by atoms with Crippen LogP contribution in [0.15, 0.2) is 29.8 Å². The molecule has 2 N–H and O–H groups in total. The minimum absolute atomic E-state index is 0.0577. The van der Waals surface area contributed by atoms with Crippen LogP contribution in [0.2, 0.25) is 0 Å². The van der Waals surface area contributed by atoms with Crippen LogP contribution in [0.4, 0.5) is 9.39 Å². The third-order valence-electron chi connectivity index (χ3n) is 4.57. The second kappa shape index (κ2) is 8.89. The van der Waals surface area contributed by atoms with E-state index in [9.17, 15) is 14.0 Å². The third-order valence-corrected chi connectivity index (χ3v) is 5.31. The molecule has 0 aliphatic heterocycles. The van der Waals surface area contributed by atoms with Crippen molar-refractivity contribution in [3.8, 4) is 11.3 Å². The molecule has 0 radical (unpaired) electrons. The maximum atomic E-state index is 13.1. The number of halogens is 1. The van der Waals surface area contributed by atoms with Gasteiger partial charge in [-0.15, -0.1) is 11.3 Å². The van der Waals surface area contributed by atoms with Gasteiger partial charge in [0.05, 0.1) is 5.51 Å². The van der Waals surface area contributed by atoms with Gasteiger partial charge in [-0.05, 0) is 37.1 Å². The Bertz CT molecular complexity index is 754. The van der Waals surface area contributed by atoms with Gasteiger partial charge >= 0.3 is 0 Å². The molecule has 1 heterocycles. The van der Waals surface area contributed by atoms with E-state index in [1.54, 1.807) is 17.6 Å². The fraction of sp³-hybridized carbons (Fsp3) is 0.421. The number of rotatable bonds is 6. The van der Waals surface area contributed by atoms with Crippen LogP contribution in [0.3, 0.4) is 0 Å². The van der Waals surface area contributed by atoms with Crippen molar-refractivity contribution in [1.82, 2.24) is 10.3 Å². The second-order valence-electron chi connectivity index (χ2n) is 6.46. The summed E-state index contributed by atoms with van der Waals surface area (Å²) in [5.41, 5.74) is 3.00. The van der Waals surface area contributed by atoms with Crippen molar-refractivity contribution in [2.75, 3.05) is 11.9 Å². The molecule has 2 aromatic rings. The van der Waals surface area contributed by atoms with Crippen molar-refractivity contribution in [2.24, 2.45) is 5.92 Å². The molecule has 0 spiro atoms. The second-order valence-corrected chi connectivity index (χ2v) is 7.32. The average Bonchev–Trinajstić information content (AvgIpc) is 3.11. The fourth-order valence-corrected chi connectivity index (χ4v) is 3.86. The number of thiazole rings is 1. The zero-order valence-corrected chi connectivity index (χ0v) is 15.3. The summed E-state index contributed by atoms with van der Waals surface area (Å²) in [6.45, 7) is 0.325. The number of nitrogens with one attached hydrogen (secondary N) is 2. The van der Waals surface area contributed by atoms with E-state index in [2.05, 4.69) is 15.6 Å². The first-order valence-corrected chi connectivity index (χ1v) is 9.78. The van der Waals surface area contributed by atoms with Crippen molar-refractivity contribution in [2.45, 2.75) is 38.5 Å². The zero-order chi connectivity index (χ0) is 18.4. The molecule has 0 unspecified atom stereocenters. The molecule has 2 amide bonds. The Morgan fingerprint density at radius 2 is 1.88 bits per heavy atom. The summed E-state index contributed by atoms with van der Waals surface area (Å²) in [5.74, 6) is -0.342. The van der Waals surface area contributed by atoms with Crippen LogP contribution in [-0.2, 0) is 9.59 Å². The lowest BCUT2D eigenvalue weighted by Crippen LogP contribution is -2.34. The summed E-state index contributed by atoms with van der Waals surface area (Å²) in [7, 11) is 0. The molecule has 7 heteroatoms. The summed E-state index contributed by atoms with van der Waals surface area (Å²) in [6, 6.07) is 5.98. The van der Waals surface area contributed by atoms with Crippen LogP contribution in [0.25, 0.3) is 11.3 Å². The van der Waals surface area contributed by atoms with E-state index in [0.717, 1.165) is 31.2 Å². The van der Waals surface area contributed by atoms with Gasteiger partial charge in [-0.1, -0.05) is 19.3 Å². The van der Waals surface area contributed by atoms with Crippen LogP contribution < -0.4 is 10.6 Å². The standard InChI is InChI=1S/C19H22FN3O2S/c20-15-8-6-13(7-9-15)17-19(26-12-22-17)23-16(24)10-11-21-18(25)14-4-2-1-3-5-14/h6-9,12,14H,1-5,10-11H2,(H,21,25)(H,23,24). The number of nitrogens with zero attached hydrogens (tertiary/aromatic N) is 1. The van der Waals surface area contributed by atoms with Crippen molar-refractivity contribution < 1.29 is 14.0 Å². The Labute approximate surface area is 156 Å². The topological polar surface area (TPSA) is 71.1 Å². The quantitative estimate of drug-likeness (QED) is 0.802. The number of carbonyl (C=O) groups is 2. The van der Waals surface area contributed by atoms with E-state index in [0.29, 0.717) is 17.2 Å². The van der Waals surface area contributed by atoms with E-state index in [4.69, 9.17) is 0 Å². The minimum Gasteiger partial charge on any atom is -0.355 e. The van der Waals surface area contributed by atoms with E-state index in [1.165, 1.54) is 29.9 Å². The number of anilines is 1. The van der Waals surface area contributed by atoms with Gasteiger partial charge in [-0.2, -0.15) is 0 Å². The Morgan fingerprint density at radius 1 is 1.15 bits per heavy atom. The summed E-state index contributed by atoms with van der Waals surface area (Å²) in [4.78, 5) is 28.5. The van der Waals surface area contributed by atoms with Crippen molar-refractivity contribution in [1.29, 1.82) is 0 Å². The monoisotopic (exact) mass is 375 g/mol. The Hall–Kier alpha value is -2.28. The van der Waals surface area contributed by atoms with Gasteiger partial charge in [0.2, 0.25) is 11.8 Å². The van der Waals surface area contributed by atoms with E-state index < -0.39 is 0 Å². The lowest BCUT2D eigenvalue weighted by atomic mass is 9.89. The highest BCUT2D eigenvalue weighted by molar-refractivity contribution is 7.14. The number of amides is 2. The summed E-state index contributed by atoms with van der Waals surface area (Å²) in [6.07, 6.45) is 5.52. The van der Waals surface area contributed by atoms with Gasteiger partial charge in [-0.25, -0.2) is 9.37 Å². The number of benzene rings is 1. The first-order chi connectivity index (χ1) is 12.6. The molecule has 1 aliphatic carbocycles. The smallest absolute Gasteiger partial charge is 0.226 e. The number of hydrogen-bond donors (Lipinski definition) is 2. The Kier molecular flexibility index (Phi) is 6.33. The molecule has 3 rings (SSSR count). The first-order valence-electron chi connectivity index (χ1n) is 8.90. The van der Waals surface area contributed by atoms with Crippen molar-refractivity contribution in [3.63, 3.8) is 0 Å². The Balaban J connectivity index is 1.49. The first kappa shape index (κ1) is 18.5. The molecule has 1 fully saturated rings. The van der Waals surface area contributed by atoms with Crippen LogP contribution in [-0.4, -0.2) is 23.3 Å².